The van der Waals surface area contributed by atoms with Crippen LogP contribution in [0.1, 0.15) is 42.5 Å². The minimum atomic E-state index is -0.367. The van der Waals surface area contributed by atoms with Gasteiger partial charge in [0.1, 0.15) is 0 Å². The molecule has 8 nitrogen and oxygen atoms in total. The predicted molar refractivity (Wildman–Crippen MR) is 117 cm³/mol. The normalized spacial score (nSPS) is 10.8. The number of carbonyl (C=O) groups excluding carboxylic acids is 2. The van der Waals surface area contributed by atoms with Crippen LogP contribution < -0.4 is 15.7 Å². The summed E-state index contributed by atoms with van der Waals surface area (Å²) in [6, 6.07) is 14.8. The van der Waals surface area contributed by atoms with Gasteiger partial charge in [0.2, 0.25) is 5.91 Å². The highest BCUT2D eigenvalue weighted by atomic mass is 16.5. The Morgan fingerprint density at radius 2 is 1.43 bits per heavy atom. The van der Waals surface area contributed by atoms with Crippen LogP contribution in [0.5, 0.6) is 0 Å². The minimum absolute atomic E-state index is 0.127. The first-order chi connectivity index (χ1) is 14.5. The van der Waals surface area contributed by atoms with Crippen LogP contribution in [0.15, 0.2) is 58.8 Å². The molecule has 0 saturated carbocycles. The molecule has 0 aliphatic heterocycles. The Balaban J connectivity index is 1.72. The molecule has 160 valence electrons. The zero-order valence-corrected chi connectivity index (χ0v) is 17.5. The maximum absolute atomic E-state index is 12.2. The van der Waals surface area contributed by atoms with Crippen molar-refractivity contribution in [2.45, 2.75) is 32.1 Å². The summed E-state index contributed by atoms with van der Waals surface area (Å²) in [5.74, 6) is -0.495. The molecule has 0 unspecified atom stereocenters. The minimum Gasteiger partial charge on any atom is -0.378 e. The van der Waals surface area contributed by atoms with E-state index in [1.54, 1.807) is 29.7 Å². The van der Waals surface area contributed by atoms with Crippen molar-refractivity contribution in [1.29, 1.82) is 0 Å². The molecule has 0 heterocycles. The molecule has 0 fully saturated rings. The van der Waals surface area contributed by atoms with E-state index in [9.17, 15) is 9.59 Å². The van der Waals surface area contributed by atoms with E-state index >= 15 is 0 Å². The molecular formula is C22H29N5O3. The molecule has 30 heavy (non-hydrogen) atoms. The van der Waals surface area contributed by atoms with Crippen molar-refractivity contribution in [3.8, 4) is 0 Å². The Morgan fingerprint density at radius 3 is 2.00 bits per heavy atom. The lowest BCUT2D eigenvalue weighted by Crippen LogP contribution is -2.24. The van der Waals surface area contributed by atoms with Crippen molar-refractivity contribution in [2.75, 3.05) is 25.5 Å². The average molecular weight is 412 g/mol. The van der Waals surface area contributed by atoms with Gasteiger partial charge in [-0.25, -0.2) is 5.48 Å². The van der Waals surface area contributed by atoms with Gasteiger partial charge in [-0.15, -0.1) is 0 Å². The fourth-order valence-corrected chi connectivity index (χ4v) is 2.74. The number of nitrogens with one attached hydrogen (secondary N) is 2. The third kappa shape index (κ3) is 8.00. The molecule has 0 aromatic heterocycles. The van der Waals surface area contributed by atoms with E-state index in [0.29, 0.717) is 24.2 Å². The SMILES string of the molecule is CN(C)c1ccc(N=Nc2ccc(C(=O)NCCCCCCC(=O)NO)cc2)cc1. The number of benzene rings is 2. The number of hydrogen-bond donors (Lipinski definition) is 3. The summed E-state index contributed by atoms with van der Waals surface area (Å²) in [5, 5.41) is 19.7. The molecule has 0 bridgehead atoms. The number of amides is 2. The fraction of sp³-hybridized carbons (Fsp3) is 0.364. The van der Waals surface area contributed by atoms with Crippen molar-refractivity contribution < 1.29 is 14.8 Å². The Morgan fingerprint density at radius 1 is 0.867 bits per heavy atom. The zero-order valence-electron chi connectivity index (χ0n) is 17.5. The molecule has 8 heteroatoms. The summed E-state index contributed by atoms with van der Waals surface area (Å²) in [6.45, 7) is 0.579. The molecule has 2 amide bonds. The summed E-state index contributed by atoms with van der Waals surface area (Å²) in [5.41, 5.74) is 4.72. The van der Waals surface area contributed by atoms with Crippen LogP contribution >= 0.6 is 0 Å². The van der Waals surface area contributed by atoms with E-state index in [2.05, 4.69) is 15.5 Å². The smallest absolute Gasteiger partial charge is 0.251 e. The van der Waals surface area contributed by atoms with E-state index in [4.69, 9.17) is 5.21 Å². The Hall–Kier alpha value is -3.26. The summed E-state index contributed by atoms with van der Waals surface area (Å²) in [7, 11) is 3.97. The van der Waals surface area contributed by atoms with Crippen molar-refractivity contribution in [3.63, 3.8) is 0 Å². The van der Waals surface area contributed by atoms with Gasteiger partial charge in [-0.1, -0.05) is 12.8 Å². The second kappa shape index (κ2) is 12.3. The van der Waals surface area contributed by atoms with Crippen LogP contribution in [0.25, 0.3) is 0 Å². The van der Waals surface area contributed by atoms with Gasteiger partial charge >= 0.3 is 0 Å². The highest BCUT2D eigenvalue weighted by molar-refractivity contribution is 5.94. The zero-order chi connectivity index (χ0) is 21.8. The van der Waals surface area contributed by atoms with Crippen molar-refractivity contribution in [2.24, 2.45) is 10.2 Å². The standard InChI is InChI=1S/C22H29N5O3/c1-27(2)20-14-12-19(13-15-20)25-24-18-10-8-17(9-11-18)22(29)23-16-6-4-3-5-7-21(28)26-30/h8-15,30H,3-7,16H2,1-2H3,(H,23,29)(H,26,28). The highest BCUT2D eigenvalue weighted by Crippen LogP contribution is 2.21. The third-order valence-corrected chi connectivity index (χ3v) is 4.52. The Labute approximate surface area is 177 Å². The number of rotatable bonds is 11. The summed E-state index contributed by atoms with van der Waals surface area (Å²) in [4.78, 5) is 25.1. The predicted octanol–water partition coefficient (Wildman–Crippen LogP) is 4.35. The highest BCUT2D eigenvalue weighted by Gasteiger charge is 2.05. The fourth-order valence-electron chi connectivity index (χ4n) is 2.74. The molecule has 2 aromatic rings. The van der Waals surface area contributed by atoms with E-state index in [1.807, 2.05) is 43.3 Å². The van der Waals surface area contributed by atoms with Gasteiger partial charge in [0.25, 0.3) is 5.91 Å². The number of azo groups is 1. The van der Waals surface area contributed by atoms with E-state index in [-0.39, 0.29) is 11.8 Å². The average Bonchev–Trinajstić information content (AvgIpc) is 2.77. The molecular weight excluding hydrogens is 382 g/mol. The maximum atomic E-state index is 12.2. The van der Waals surface area contributed by atoms with Crippen molar-refractivity contribution in [1.82, 2.24) is 10.8 Å². The van der Waals surface area contributed by atoms with Gasteiger partial charge in [0, 0.05) is 38.3 Å². The summed E-state index contributed by atoms with van der Waals surface area (Å²) < 4.78 is 0. The number of unbranched alkanes of at least 4 members (excludes halogenated alkanes) is 3. The molecule has 2 rings (SSSR count). The summed E-state index contributed by atoms with van der Waals surface area (Å²) in [6.07, 6.45) is 3.66. The lowest BCUT2D eigenvalue weighted by molar-refractivity contribution is -0.129. The van der Waals surface area contributed by atoms with Crippen molar-refractivity contribution in [3.05, 3.63) is 54.1 Å². The quantitative estimate of drug-likeness (QED) is 0.221. The molecule has 0 radical (unpaired) electrons. The van der Waals surface area contributed by atoms with Crippen LogP contribution in [0.2, 0.25) is 0 Å². The van der Waals surface area contributed by atoms with E-state index < -0.39 is 0 Å². The van der Waals surface area contributed by atoms with E-state index in [1.165, 1.54) is 0 Å². The van der Waals surface area contributed by atoms with Crippen LogP contribution in [0.3, 0.4) is 0 Å². The van der Waals surface area contributed by atoms with Gasteiger partial charge in [-0.3, -0.25) is 14.8 Å². The van der Waals surface area contributed by atoms with Crippen molar-refractivity contribution >= 4 is 28.9 Å². The maximum Gasteiger partial charge on any atom is 0.251 e. The first-order valence-electron chi connectivity index (χ1n) is 10.00. The number of nitrogens with zero attached hydrogens (tertiary/aromatic N) is 3. The lowest BCUT2D eigenvalue weighted by atomic mass is 10.1. The van der Waals surface area contributed by atoms with Gasteiger partial charge < -0.3 is 10.2 Å². The molecule has 0 aliphatic rings. The monoisotopic (exact) mass is 411 g/mol. The molecule has 0 aliphatic carbocycles. The van der Waals surface area contributed by atoms with Crippen LogP contribution in [0.4, 0.5) is 17.1 Å². The number of carbonyl (C=O) groups is 2. The van der Waals surface area contributed by atoms with Crippen LogP contribution in [0, 0.1) is 0 Å². The molecule has 0 spiro atoms. The molecule has 3 N–H and O–H groups in total. The van der Waals surface area contributed by atoms with Gasteiger partial charge in [-0.2, -0.15) is 10.2 Å². The van der Waals surface area contributed by atoms with Gasteiger partial charge in [0.05, 0.1) is 11.4 Å². The van der Waals surface area contributed by atoms with Gasteiger partial charge in [0.15, 0.2) is 0 Å². The number of anilines is 1. The largest absolute Gasteiger partial charge is 0.378 e. The summed E-state index contributed by atoms with van der Waals surface area (Å²) >= 11 is 0. The molecule has 0 atom stereocenters. The second-order valence-corrected chi connectivity index (χ2v) is 7.11. The first kappa shape index (κ1) is 23.0. The Bertz CT molecular complexity index is 833. The topological polar surface area (TPSA) is 106 Å². The van der Waals surface area contributed by atoms with Crippen LogP contribution in [-0.2, 0) is 4.79 Å². The Kier molecular flexibility index (Phi) is 9.47. The second-order valence-electron chi connectivity index (χ2n) is 7.11. The number of hydroxylamine groups is 1. The molecule has 2 aromatic carbocycles. The molecule has 0 saturated heterocycles. The third-order valence-electron chi connectivity index (χ3n) is 4.52. The van der Waals surface area contributed by atoms with Gasteiger partial charge in [-0.05, 0) is 61.4 Å². The lowest BCUT2D eigenvalue weighted by Gasteiger charge is -2.11. The van der Waals surface area contributed by atoms with Crippen LogP contribution in [-0.4, -0.2) is 37.7 Å². The number of hydrogen-bond acceptors (Lipinski definition) is 6. The first-order valence-corrected chi connectivity index (χ1v) is 10.00. The van der Waals surface area contributed by atoms with E-state index in [0.717, 1.165) is 37.1 Å².